The van der Waals surface area contributed by atoms with Crippen LogP contribution in [0.5, 0.6) is 5.75 Å². The van der Waals surface area contributed by atoms with Gasteiger partial charge >= 0.3 is 0 Å². The minimum Gasteiger partial charge on any atom is -0.495 e. The van der Waals surface area contributed by atoms with Crippen molar-refractivity contribution in [3.8, 4) is 5.75 Å². The van der Waals surface area contributed by atoms with Gasteiger partial charge in [0.05, 0.1) is 17.3 Å². The molecule has 0 unspecified atom stereocenters. The number of benzene rings is 2. The molecule has 2 aromatic carbocycles. The molecule has 0 heterocycles. The van der Waals surface area contributed by atoms with Gasteiger partial charge in [-0.25, -0.2) is 4.39 Å². The summed E-state index contributed by atoms with van der Waals surface area (Å²) in [6, 6.07) is 10.3. The summed E-state index contributed by atoms with van der Waals surface area (Å²) in [6.07, 6.45) is 0. The van der Waals surface area contributed by atoms with E-state index < -0.39 is 0 Å². The Hall–Kier alpha value is -1.07. The van der Waals surface area contributed by atoms with Crippen molar-refractivity contribution in [2.75, 3.05) is 12.4 Å². The zero-order valence-electron chi connectivity index (χ0n) is 10.2. The summed E-state index contributed by atoms with van der Waals surface area (Å²) >= 11 is 6.89. The normalized spacial score (nSPS) is 10.3. The molecule has 2 aromatic rings. The fourth-order valence-electron chi connectivity index (χ4n) is 1.67. The standard InChI is InChI=1S/C14H12Br2FNO/c1-19-14-7-13(11(15)6-12(14)16)18-8-9-3-2-4-10(17)5-9/h2-7,18H,8H2,1H3. The highest BCUT2D eigenvalue weighted by atomic mass is 79.9. The Morgan fingerprint density at radius 1 is 1.16 bits per heavy atom. The average Bonchev–Trinajstić information content (AvgIpc) is 2.38. The largest absolute Gasteiger partial charge is 0.495 e. The van der Waals surface area contributed by atoms with Gasteiger partial charge in [0.15, 0.2) is 0 Å². The van der Waals surface area contributed by atoms with Crippen LogP contribution in [0, 0.1) is 5.82 Å². The van der Waals surface area contributed by atoms with Crippen LogP contribution in [0.4, 0.5) is 10.1 Å². The number of hydrogen-bond acceptors (Lipinski definition) is 2. The summed E-state index contributed by atoms with van der Waals surface area (Å²) in [5.74, 6) is 0.511. The van der Waals surface area contributed by atoms with E-state index in [2.05, 4.69) is 37.2 Å². The van der Waals surface area contributed by atoms with E-state index in [1.165, 1.54) is 12.1 Å². The van der Waals surface area contributed by atoms with Crippen molar-refractivity contribution in [3.05, 3.63) is 56.7 Å². The summed E-state index contributed by atoms with van der Waals surface area (Å²) < 4.78 is 20.1. The van der Waals surface area contributed by atoms with Gasteiger partial charge in [-0.1, -0.05) is 12.1 Å². The van der Waals surface area contributed by atoms with Gasteiger partial charge < -0.3 is 10.1 Å². The molecule has 0 saturated carbocycles. The first-order chi connectivity index (χ1) is 9.10. The molecule has 0 aliphatic rings. The van der Waals surface area contributed by atoms with E-state index in [-0.39, 0.29) is 5.82 Å². The molecule has 2 nitrogen and oxygen atoms in total. The van der Waals surface area contributed by atoms with E-state index >= 15 is 0 Å². The molecule has 0 aliphatic carbocycles. The molecule has 19 heavy (non-hydrogen) atoms. The maximum absolute atomic E-state index is 13.1. The molecule has 0 bridgehead atoms. The molecule has 0 aliphatic heterocycles. The molecule has 0 fully saturated rings. The summed E-state index contributed by atoms with van der Waals surface area (Å²) in [7, 11) is 1.62. The lowest BCUT2D eigenvalue weighted by atomic mass is 10.2. The number of rotatable bonds is 4. The van der Waals surface area contributed by atoms with Crippen LogP contribution in [-0.2, 0) is 6.54 Å². The highest BCUT2D eigenvalue weighted by Crippen LogP contribution is 2.34. The predicted molar refractivity (Wildman–Crippen MR) is 82.1 cm³/mol. The fraction of sp³-hybridized carbons (Fsp3) is 0.143. The second-order valence-corrected chi connectivity index (χ2v) is 5.66. The third-order valence-electron chi connectivity index (χ3n) is 2.61. The van der Waals surface area contributed by atoms with E-state index in [0.29, 0.717) is 6.54 Å². The summed E-state index contributed by atoms with van der Waals surface area (Å²) in [5, 5.41) is 3.24. The van der Waals surface area contributed by atoms with Crippen LogP contribution in [0.2, 0.25) is 0 Å². The Morgan fingerprint density at radius 3 is 2.63 bits per heavy atom. The summed E-state index contributed by atoms with van der Waals surface area (Å²) in [4.78, 5) is 0. The molecule has 0 atom stereocenters. The summed E-state index contributed by atoms with van der Waals surface area (Å²) in [5.41, 5.74) is 1.78. The Balaban J connectivity index is 2.15. The van der Waals surface area contributed by atoms with Crippen LogP contribution in [0.3, 0.4) is 0 Å². The van der Waals surface area contributed by atoms with E-state index in [1.54, 1.807) is 13.2 Å². The number of hydrogen-bond donors (Lipinski definition) is 1. The second-order valence-electron chi connectivity index (χ2n) is 3.95. The van der Waals surface area contributed by atoms with Gasteiger partial charge in [0.25, 0.3) is 0 Å². The van der Waals surface area contributed by atoms with Crippen molar-refractivity contribution < 1.29 is 9.13 Å². The average molecular weight is 389 g/mol. The number of halogens is 3. The quantitative estimate of drug-likeness (QED) is 0.798. The van der Waals surface area contributed by atoms with Gasteiger partial charge in [-0.05, 0) is 55.6 Å². The number of ether oxygens (including phenoxy) is 1. The number of methoxy groups -OCH3 is 1. The first-order valence-electron chi connectivity index (χ1n) is 5.61. The van der Waals surface area contributed by atoms with Crippen LogP contribution >= 0.6 is 31.9 Å². The molecule has 1 N–H and O–H groups in total. The predicted octanol–water partition coefficient (Wildman–Crippen LogP) is 4.97. The SMILES string of the molecule is COc1cc(NCc2cccc(F)c2)c(Br)cc1Br. The van der Waals surface area contributed by atoms with Crippen molar-refractivity contribution in [2.45, 2.75) is 6.54 Å². The third-order valence-corrected chi connectivity index (χ3v) is 3.89. The number of nitrogens with one attached hydrogen (secondary N) is 1. The highest BCUT2D eigenvalue weighted by molar-refractivity contribution is 9.11. The molecule has 5 heteroatoms. The monoisotopic (exact) mass is 387 g/mol. The first kappa shape index (κ1) is 14.3. The smallest absolute Gasteiger partial charge is 0.135 e. The van der Waals surface area contributed by atoms with E-state index in [4.69, 9.17) is 4.74 Å². The molecular formula is C14H12Br2FNO. The molecule has 0 amide bonds. The van der Waals surface area contributed by atoms with Gasteiger partial charge in [-0.15, -0.1) is 0 Å². The van der Waals surface area contributed by atoms with Crippen molar-refractivity contribution in [3.63, 3.8) is 0 Å². The van der Waals surface area contributed by atoms with Crippen LogP contribution in [-0.4, -0.2) is 7.11 Å². The van der Waals surface area contributed by atoms with Crippen molar-refractivity contribution in [1.82, 2.24) is 0 Å². The summed E-state index contributed by atoms with van der Waals surface area (Å²) in [6.45, 7) is 0.543. The van der Waals surface area contributed by atoms with E-state index in [9.17, 15) is 4.39 Å². The van der Waals surface area contributed by atoms with Gasteiger partial charge in [-0.2, -0.15) is 0 Å². The molecule has 0 spiro atoms. The maximum Gasteiger partial charge on any atom is 0.135 e. The molecular weight excluding hydrogens is 377 g/mol. The lowest BCUT2D eigenvalue weighted by Crippen LogP contribution is -2.01. The Morgan fingerprint density at radius 2 is 1.95 bits per heavy atom. The van der Waals surface area contributed by atoms with Crippen LogP contribution in [0.1, 0.15) is 5.56 Å². The Bertz CT molecular complexity index is 590. The Kier molecular flexibility index (Phi) is 4.82. The third kappa shape index (κ3) is 3.70. The van der Waals surface area contributed by atoms with Crippen LogP contribution in [0.25, 0.3) is 0 Å². The highest BCUT2D eigenvalue weighted by Gasteiger charge is 2.07. The molecule has 2 rings (SSSR count). The zero-order valence-corrected chi connectivity index (χ0v) is 13.4. The van der Waals surface area contributed by atoms with Crippen molar-refractivity contribution >= 4 is 37.5 Å². The second kappa shape index (κ2) is 6.39. The minimum atomic E-state index is -0.230. The lowest BCUT2D eigenvalue weighted by molar-refractivity contribution is 0.412. The van der Waals surface area contributed by atoms with Crippen LogP contribution in [0.15, 0.2) is 45.3 Å². The van der Waals surface area contributed by atoms with Crippen molar-refractivity contribution in [2.24, 2.45) is 0 Å². The molecule has 0 saturated heterocycles. The minimum absolute atomic E-state index is 0.230. The molecule has 0 aromatic heterocycles. The van der Waals surface area contributed by atoms with E-state index in [0.717, 1.165) is 25.9 Å². The molecule has 0 radical (unpaired) electrons. The lowest BCUT2D eigenvalue weighted by Gasteiger charge is -2.12. The van der Waals surface area contributed by atoms with Gasteiger partial charge in [0.1, 0.15) is 11.6 Å². The Labute approximate surface area is 128 Å². The number of anilines is 1. The van der Waals surface area contributed by atoms with Crippen LogP contribution < -0.4 is 10.1 Å². The van der Waals surface area contributed by atoms with Gasteiger partial charge in [-0.3, -0.25) is 0 Å². The molecule has 100 valence electrons. The van der Waals surface area contributed by atoms with Gasteiger partial charge in [0, 0.05) is 17.1 Å². The van der Waals surface area contributed by atoms with Crippen molar-refractivity contribution in [1.29, 1.82) is 0 Å². The zero-order chi connectivity index (χ0) is 13.8. The fourth-order valence-corrected chi connectivity index (χ4v) is 2.96. The first-order valence-corrected chi connectivity index (χ1v) is 7.20. The van der Waals surface area contributed by atoms with E-state index in [1.807, 2.05) is 18.2 Å². The maximum atomic E-state index is 13.1. The van der Waals surface area contributed by atoms with Gasteiger partial charge in [0.2, 0.25) is 0 Å². The topological polar surface area (TPSA) is 21.3 Å².